The lowest BCUT2D eigenvalue weighted by atomic mass is 10.2. The van der Waals surface area contributed by atoms with Crippen LogP contribution >= 0.6 is 11.3 Å². The topological polar surface area (TPSA) is 41.5 Å². The highest BCUT2D eigenvalue weighted by molar-refractivity contribution is 7.15. The first-order valence-electron chi connectivity index (χ1n) is 7.02. The zero-order valence-electron chi connectivity index (χ0n) is 11.5. The highest BCUT2D eigenvalue weighted by Gasteiger charge is 2.36. The Balaban J connectivity index is 1.52. The number of piperazine rings is 1. The molecule has 2 saturated heterocycles. The third-order valence-corrected chi connectivity index (χ3v) is 4.81. The second kappa shape index (κ2) is 6.05. The van der Waals surface area contributed by atoms with E-state index in [-0.39, 0.29) is 0 Å². The normalized spacial score (nSPS) is 24.7. The molecule has 21 heavy (non-hydrogen) atoms. The minimum absolute atomic E-state index is 0.315. The number of halogens is 3. The fourth-order valence-electron chi connectivity index (χ4n) is 2.66. The number of rotatable bonds is 3. The molecule has 1 aromatic rings. The molecule has 0 amide bonds. The number of hydrogen-bond donors (Lipinski definition) is 0. The van der Waals surface area contributed by atoms with Crippen LogP contribution in [-0.2, 0) is 10.9 Å². The van der Waals surface area contributed by atoms with Gasteiger partial charge in [0.15, 0.2) is 0 Å². The Bertz CT molecular complexity index is 467. The molecule has 1 aromatic heterocycles. The van der Waals surface area contributed by atoms with Gasteiger partial charge in [-0.3, -0.25) is 4.90 Å². The molecule has 0 spiro atoms. The van der Waals surface area contributed by atoms with Crippen molar-refractivity contribution in [2.75, 3.05) is 44.2 Å². The van der Waals surface area contributed by atoms with Gasteiger partial charge in [0.2, 0.25) is 10.1 Å². The van der Waals surface area contributed by atoms with Crippen molar-refractivity contribution in [3.05, 3.63) is 5.01 Å². The van der Waals surface area contributed by atoms with Gasteiger partial charge in [0.05, 0.1) is 6.10 Å². The largest absolute Gasteiger partial charge is 0.445 e. The summed E-state index contributed by atoms with van der Waals surface area (Å²) in [6, 6.07) is 0. The predicted octanol–water partition coefficient (Wildman–Crippen LogP) is 1.86. The molecule has 1 unspecified atom stereocenters. The van der Waals surface area contributed by atoms with Crippen LogP contribution in [-0.4, -0.2) is 60.5 Å². The Hall–Kier alpha value is -0.930. The number of ether oxygens (including phenoxy) is 1. The van der Waals surface area contributed by atoms with Crippen LogP contribution < -0.4 is 4.90 Å². The lowest BCUT2D eigenvalue weighted by molar-refractivity contribution is -0.138. The molecule has 2 fully saturated rings. The quantitative estimate of drug-likeness (QED) is 0.850. The van der Waals surface area contributed by atoms with E-state index in [9.17, 15) is 13.2 Å². The summed E-state index contributed by atoms with van der Waals surface area (Å²) in [6.07, 6.45) is -1.87. The third-order valence-electron chi connectivity index (χ3n) is 3.79. The van der Waals surface area contributed by atoms with Crippen LogP contribution in [0.3, 0.4) is 0 Å². The van der Waals surface area contributed by atoms with Crippen LogP contribution in [0.4, 0.5) is 18.3 Å². The van der Waals surface area contributed by atoms with E-state index in [1.54, 1.807) is 0 Å². The number of aromatic nitrogens is 2. The zero-order valence-corrected chi connectivity index (χ0v) is 12.3. The van der Waals surface area contributed by atoms with Gasteiger partial charge in [0, 0.05) is 39.3 Å². The van der Waals surface area contributed by atoms with Crippen LogP contribution in [0.5, 0.6) is 0 Å². The van der Waals surface area contributed by atoms with E-state index in [1.807, 2.05) is 4.90 Å². The van der Waals surface area contributed by atoms with Gasteiger partial charge in [0.25, 0.3) is 0 Å². The van der Waals surface area contributed by atoms with Crippen molar-refractivity contribution in [3.63, 3.8) is 0 Å². The number of hydrogen-bond acceptors (Lipinski definition) is 6. The molecule has 0 saturated carbocycles. The highest BCUT2D eigenvalue weighted by Crippen LogP contribution is 2.34. The standard InChI is InChI=1S/C12H17F3N4OS/c13-12(14,15)10-16-17-11(21-10)19-5-3-18(4-6-19)8-9-2-1-7-20-9/h9H,1-8H2. The average molecular weight is 322 g/mol. The van der Waals surface area contributed by atoms with Crippen LogP contribution in [0.2, 0.25) is 0 Å². The fraction of sp³-hybridized carbons (Fsp3) is 0.833. The van der Waals surface area contributed by atoms with Crippen LogP contribution in [0.25, 0.3) is 0 Å². The van der Waals surface area contributed by atoms with Crippen molar-refractivity contribution in [1.82, 2.24) is 15.1 Å². The van der Waals surface area contributed by atoms with Gasteiger partial charge in [-0.1, -0.05) is 11.3 Å². The van der Waals surface area contributed by atoms with E-state index in [2.05, 4.69) is 15.1 Å². The van der Waals surface area contributed by atoms with Crippen molar-refractivity contribution in [3.8, 4) is 0 Å². The molecule has 0 N–H and O–H groups in total. The summed E-state index contributed by atoms with van der Waals surface area (Å²) in [5, 5.41) is 6.38. The minimum atomic E-state index is -4.41. The van der Waals surface area contributed by atoms with Gasteiger partial charge in [0.1, 0.15) is 0 Å². The van der Waals surface area contributed by atoms with Crippen molar-refractivity contribution in [2.45, 2.75) is 25.1 Å². The summed E-state index contributed by atoms with van der Waals surface area (Å²) in [7, 11) is 0. The van der Waals surface area contributed by atoms with E-state index in [0.717, 1.165) is 39.1 Å². The summed E-state index contributed by atoms with van der Waals surface area (Å²) in [5.74, 6) is 0. The van der Waals surface area contributed by atoms with Gasteiger partial charge in [-0.05, 0) is 12.8 Å². The van der Waals surface area contributed by atoms with Crippen LogP contribution in [0.15, 0.2) is 0 Å². The minimum Gasteiger partial charge on any atom is -0.377 e. The third kappa shape index (κ3) is 3.64. The molecule has 2 aliphatic heterocycles. The number of nitrogens with zero attached hydrogens (tertiary/aromatic N) is 4. The fourth-order valence-corrected chi connectivity index (χ4v) is 3.42. The molecule has 1 atom stereocenters. The van der Waals surface area contributed by atoms with Crippen molar-refractivity contribution in [1.29, 1.82) is 0 Å². The Morgan fingerprint density at radius 2 is 1.95 bits per heavy atom. The van der Waals surface area contributed by atoms with Gasteiger partial charge in [-0.2, -0.15) is 13.2 Å². The van der Waals surface area contributed by atoms with Crippen molar-refractivity contribution >= 4 is 16.5 Å². The monoisotopic (exact) mass is 322 g/mol. The van der Waals surface area contributed by atoms with E-state index in [4.69, 9.17) is 4.74 Å². The number of anilines is 1. The first-order valence-corrected chi connectivity index (χ1v) is 7.83. The first-order chi connectivity index (χ1) is 10.0. The van der Waals surface area contributed by atoms with Gasteiger partial charge < -0.3 is 9.64 Å². The van der Waals surface area contributed by atoms with Gasteiger partial charge in [-0.15, -0.1) is 10.2 Å². The van der Waals surface area contributed by atoms with Crippen LogP contribution in [0, 0.1) is 0 Å². The molecular weight excluding hydrogens is 305 g/mol. The Morgan fingerprint density at radius 1 is 1.19 bits per heavy atom. The maximum absolute atomic E-state index is 12.5. The summed E-state index contributed by atoms with van der Waals surface area (Å²) in [5.41, 5.74) is 0. The Morgan fingerprint density at radius 3 is 2.52 bits per heavy atom. The Kier molecular flexibility index (Phi) is 4.32. The molecule has 0 aliphatic carbocycles. The van der Waals surface area contributed by atoms with Crippen molar-refractivity contribution in [2.24, 2.45) is 0 Å². The predicted molar refractivity (Wildman–Crippen MR) is 72.5 cm³/mol. The van der Waals surface area contributed by atoms with E-state index < -0.39 is 11.2 Å². The molecule has 3 rings (SSSR count). The van der Waals surface area contributed by atoms with Crippen molar-refractivity contribution < 1.29 is 17.9 Å². The average Bonchev–Trinajstić information content (AvgIpc) is 3.09. The van der Waals surface area contributed by atoms with Crippen LogP contribution in [0.1, 0.15) is 17.8 Å². The molecule has 118 valence electrons. The van der Waals surface area contributed by atoms with Gasteiger partial charge in [-0.25, -0.2) is 0 Å². The highest BCUT2D eigenvalue weighted by atomic mass is 32.1. The maximum atomic E-state index is 12.5. The first kappa shape index (κ1) is 15.0. The SMILES string of the molecule is FC(F)(F)c1nnc(N2CCN(CC3CCCO3)CC2)s1. The lowest BCUT2D eigenvalue weighted by Gasteiger charge is -2.35. The molecule has 0 radical (unpaired) electrons. The van der Waals surface area contributed by atoms with E-state index >= 15 is 0 Å². The summed E-state index contributed by atoms with van der Waals surface area (Å²) in [4.78, 5) is 4.18. The summed E-state index contributed by atoms with van der Waals surface area (Å²) in [6.45, 7) is 4.76. The lowest BCUT2D eigenvalue weighted by Crippen LogP contribution is -2.48. The van der Waals surface area contributed by atoms with Gasteiger partial charge >= 0.3 is 6.18 Å². The maximum Gasteiger partial charge on any atom is 0.445 e. The van der Waals surface area contributed by atoms with E-state index in [1.165, 1.54) is 0 Å². The molecule has 0 aromatic carbocycles. The Labute approximate surface area is 124 Å². The molecule has 2 aliphatic rings. The second-order valence-corrected chi connectivity index (χ2v) is 6.27. The smallest absolute Gasteiger partial charge is 0.377 e. The second-order valence-electron chi connectivity index (χ2n) is 5.31. The summed E-state index contributed by atoms with van der Waals surface area (Å²) >= 11 is 0.616. The molecule has 9 heteroatoms. The molecule has 3 heterocycles. The molecular formula is C12H17F3N4OS. The summed E-state index contributed by atoms with van der Waals surface area (Å²) < 4.78 is 43.2. The zero-order chi connectivity index (χ0) is 14.9. The van der Waals surface area contributed by atoms with E-state index in [0.29, 0.717) is 35.7 Å². The number of alkyl halides is 3. The molecule has 5 nitrogen and oxygen atoms in total. The molecule has 0 bridgehead atoms.